The van der Waals surface area contributed by atoms with E-state index in [9.17, 15) is 5.26 Å². The van der Waals surface area contributed by atoms with Gasteiger partial charge < -0.3 is 5.32 Å². The van der Waals surface area contributed by atoms with Crippen molar-refractivity contribution in [2.24, 2.45) is 0 Å². The maximum Gasteiger partial charge on any atom is 0.153 e. The van der Waals surface area contributed by atoms with Crippen LogP contribution in [0.3, 0.4) is 0 Å². The van der Waals surface area contributed by atoms with E-state index in [-0.39, 0.29) is 0 Å². The number of hydrogen-bond donors (Lipinski definition) is 1. The highest BCUT2D eigenvalue weighted by atomic mass is 15.3. The minimum atomic E-state index is 0.529. The number of nitrogens with zero attached hydrogens (tertiary/aromatic N) is 5. The molecule has 0 spiro atoms. The lowest BCUT2D eigenvalue weighted by Crippen LogP contribution is -2.05. The molecule has 0 unspecified atom stereocenters. The van der Waals surface area contributed by atoms with Crippen molar-refractivity contribution in [2.45, 2.75) is 20.4 Å². The molecule has 4 aromatic rings. The number of rotatable bonds is 4. The number of nitrogens with one attached hydrogen (secondary N) is 1. The SMILES string of the molecule is Cc1cc(C)n(-c2ccc(CNc3c(C#N)cnc4ccccc34)cn2)n1. The first kappa shape index (κ1) is 16.7. The number of pyridine rings is 2. The second-order valence-electron chi connectivity index (χ2n) is 6.39. The Morgan fingerprint density at radius 3 is 2.63 bits per heavy atom. The molecule has 0 fully saturated rings. The van der Waals surface area contributed by atoms with Crippen molar-refractivity contribution < 1.29 is 0 Å². The zero-order valence-corrected chi connectivity index (χ0v) is 15.1. The fourth-order valence-corrected chi connectivity index (χ4v) is 3.11. The molecule has 27 heavy (non-hydrogen) atoms. The van der Waals surface area contributed by atoms with Crippen LogP contribution >= 0.6 is 0 Å². The molecule has 6 nitrogen and oxygen atoms in total. The van der Waals surface area contributed by atoms with Gasteiger partial charge in [0.2, 0.25) is 0 Å². The number of fused-ring (bicyclic) bond motifs is 1. The summed E-state index contributed by atoms with van der Waals surface area (Å²) in [5, 5.41) is 18.2. The number of nitriles is 1. The Hall–Kier alpha value is -3.72. The predicted octanol–water partition coefficient (Wildman–Crippen LogP) is 3.92. The van der Waals surface area contributed by atoms with Crippen LogP contribution in [-0.2, 0) is 6.54 Å². The molecule has 0 bridgehead atoms. The molecule has 0 saturated heterocycles. The summed E-state index contributed by atoms with van der Waals surface area (Å²) in [6, 6.07) is 16.0. The number of aryl methyl sites for hydroxylation is 2. The molecular formula is C21H18N6. The van der Waals surface area contributed by atoms with E-state index in [0.29, 0.717) is 12.1 Å². The van der Waals surface area contributed by atoms with Crippen LogP contribution in [0.5, 0.6) is 0 Å². The normalized spacial score (nSPS) is 10.7. The molecule has 6 heteroatoms. The first-order valence-electron chi connectivity index (χ1n) is 8.66. The number of para-hydroxylation sites is 1. The quantitative estimate of drug-likeness (QED) is 0.601. The predicted molar refractivity (Wildman–Crippen MR) is 105 cm³/mol. The van der Waals surface area contributed by atoms with E-state index in [2.05, 4.69) is 26.5 Å². The highest BCUT2D eigenvalue weighted by molar-refractivity contribution is 5.93. The average Bonchev–Trinajstić information content (AvgIpc) is 3.04. The van der Waals surface area contributed by atoms with Gasteiger partial charge in [0.15, 0.2) is 5.82 Å². The Balaban J connectivity index is 1.59. The smallest absolute Gasteiger partial charge is 0.153 e. The maximum atomic E-state index is 9.41. The van der Waals surface area contributed by atoms with Crippen LogP contribution in [0.1, 0.15) is 22.5 Å². The lowest BCUT2D eigenvalue weighted by Gasteiger charge is -2.11. The topological polar surface area (TPSA) is 79.4 Å². The van der Waals surface area contributed by atoms with E-state index in [0.717, 1.165) is 39.4 Å². The van der Waals surface area contributed by atoms with Gasteiger partial charge in [-0.15, -0.1) is 0 Å². The zero-order valence-electron chi connectivity index (χ0n) is 15.1. The summed E-state index contributed by atoms with van der Waals surface area (Å²) in [7, 11) is 0. The van der Waals surface area contributed by atoms with Gasteiger partial charge in [-0.25, -0.2) is 9.67 Å². The molecule has 0 aliphatic rings. The third kappa shape index (κ3) is 3.23. The highest BCUT2D eigenvalue weighted by Crippen LogP contribution is 2.25. The molecule has 3 heterocycles. The first-order valence-corrected chi connectivity index (χ1v) is 8.66. The molecule has 132 valence electrons. The van der Waals surface area contributed by atoms with Crippen LogP contribution in [-0.4, -0.2) is 19.7 Å². The zero-order chi connectivity index (χ0) is 18.8. The van der Waals surface area contributed by atoms with Crippen molar-refractivity contribution in [2.75, 3.05) is 5.32 Å². The van der Waals surface area contributed by atoms with Crippen molar-refractivity contribution in [3.05, 3.63) is 77.4 Å². The Labute approximate surface area is 157 Å². The van der Waals surface area contributed by atoms with Gasteiger partial charge in [-0.05, 0) is 37.6 Å². The minimum Gasteiger partial charge on any atom is -0.379 e. The first-order chi connectivity index (χ1) is 13.2. The third-order valence-electron chi connectivity index (χ3n) is 4.40. The lowest BCUT2D eigenvalue weighted by molar-refractivity contribution is 0.804. The van der Waals surface area contributed by atoms with Crippen molar-refractivity contribution in [3.8, 4) is 11.9 Å². The van der Waals surface area contributed by atoms with E-state index in [4.69, 9.17) is 0 Å². The van der Waals surface area contributed by atoms with Crippen LogP contribution in [0.2, 0.25) is 0 Å². The van der Waals surface area contributed by atoms with Crippen LogP contribution in [0.4, 0.5) is 5.69 Å². The standard InChI is InChI=1S/C21H18N6/c1-14-9-15(2)27(26-14)20-8-7-16(11-24-20)12-25-21-17(10-22)13-23-19-6-4-3-5-18(19)21/h3-9,11,13H,12H2,1-2H3,(H,23,25). The second-order valence-corrected chi connectivity index (χ2v) is 6.39. The van der Waals surface area contributed by atoms with Crippen molar-refractivity contribution >= 4 is 16.6 Å². The summed E-state index contributed by atoms with van der Waals surface area (Å²) in [5.74, 6) is 0.788. The Bertz CT molecular complexity index is 1150. The van der Waals surface area contributed by atoms with Crippen LogP contribution in [0, 0.1) is 25.2 Å². The molecule has 1 N–H and O–H groups in total. The van der Waals surface area contributed by atoms with Crippen molar-refractivity contribution in [3.63, 3.8) is 0 Å². The third-order valence-corrected chi connectivity index (χ3v) is 4.40. The molecule has 0 aliphatic carbocycles. The van der Waals surface area contributed by atoms with E-state index >= 15 is 0 Å². The summed E-state index contributed by atoms with van der Waals surface area (Å²) in [4.78, 5) is 8.86. The second kappa shape index (κ2) is 6.89. The summed E-state index contributed by atoms with van der Waals surface area (Å²) in [5.41, 5.74) is 5.22. The fraction of sp³-hybridized carbons (Fsp3) is 0.143. The van der Waals surface area contributed by atoms with Crippen LogP contribution in [0.25, 0.3) is 16.7 Å². The number of aromatic nitrogens is 4. The van der Waals surface area contributed by atoms with Gasteiger partial charge in [0.1, 0.15) is 6.07 Å². The highest BCUT2D eigenvalue weighted by Gasteiger charge is 2.09. The largest absolute Gasteiger partial charge is 0.379 e. The van der Waals surface area contributed by atoms with Gasteiger partial charge in [0, 0.05) is 30.0 Å². The molecule has 0 atom stereocenters. The van der Waals surface area contributed by atoms with Gasteiger partial charge in [-0.2, -0.15) is 10.4 Å². The van der Waals surface area contributed by atoms with Crippen LogP contribution in [0.15, 0.2) is 54.9 Å². The summed E-state index contributed by atoms with van der Waals surface area (Å²) < 4.78 is 1.83. The Morgan fingerprint density at radius 1 is 1.07 bits per heavy atom. The average molecular weight is 354 g/mol. The van der Waals surface area contributed by atoms with Gasteiger partial charge in [-0.3, -0.25) is 4.98 Å². The van der Waals surface area contributed by atoms with Crippen molar-refractivity contribution in [1.82, 2.24) is 19.7 Å². The van der Waals surface area contributed by atoms with Gasteiger partial charge >= 0.3 is 0 Å². The molecular weight excluding hydrogens is 336 g/mol. The molecule has 0 saturated carbocycles. The van der Waals surface area contributed by atoms with E-state index < -0.39 is 0 Å². The molecule has 0 amide bonds. The monoisotopic (exact) mass is 354 g/mol. The number of benzene rings is 1. The minimum absolute atomic E-state index is 0.529. The summed E-state index contributed by atoms with van der Waals surface area (Å²) in [6.07, 6.45) is 3.43. The Morgan fingerprint density at radius 2 is 1.93 bits per heavy atom. The lowest BCUT2D eigenvalue weighted by atomic mass is 10.1. The van der Waals surface area contributed by atoms with Gasteiger partial charge in [0.05, 0.1) is 22.5 Å². The number of hydrogen-bond acceptors (Lipinski definition) is 5. The molecule has 0 radical (unpaired) electrons. The Kier molecular flexibility index (Phi) is 4.27. The van der Waals surface area contributed by atoms with Gasteiger partial charge in [0.25, 0.3) is 0 Å². The molecule has 0 aliphatic heterocycles. The maximum absolute atomic E-state index is 9.41. The fourth-order valence-electron chi connectivity index (χ4n) is 3.11. The van der Waals surface area contributed by atoms with Crippen LogP contribution < -0.4 is 5.32 Å². The van der Waals surface area contributed by atoms with Gasteiger partial charge in [-0.1, -0.05) is 24.3 Å². The number of anilines is 1. The summed E-state index contributed by atoms with van der Waals surface area (Å²) >= 11 is 0. The van der Waals surface area contributed by atoms with Crippen molar-refractivity contribution in [1.29, 1.82) is 5.26 Å². The van der Waals surface area contributed by atoms with E-state index in [1.807, 2.05) is 67.2 Å². The molecule has 3 aromatic heterocycles. The van der Waals surface area contributed by atoms with E-state index in [1.165, 1.54) is 0 Å². The molecule has 1 aromatic carbocycles. The summed E-state index contributed by atoms with van der Waals surface area (Å²) in [6.45, 7) is 4.54. The molecule has 4 rings (SSSR count). The van der Waals surface area contributed by atoms with E-state index in [1.54, 1.807) is 6.20 Å².